The van der Waals surface area contributed by atoms with E-state index in [1.165, 1.54) is 12.1 Å². The maximum atomic E-state index is 13.5. The Kier molecular flexibility index (Phi) is 5.51. The van der Waals surface area contributed by atoms with Crippen molar-refractivity contribution in [3.63, 3.8) is 0 Å². The monoisotopic (exact) mass is 429 g/mol. The van der Waals surface area contributed by atoms with E-state index in [-0.39, 0.29) is 28.8 Å². The van der Waals surface area contributed by atoms with Crippen LogP contribution in [0.3, 0.4) is 0 Å². The minimum Gasteiger partial charge on any atom is -0.383 e. The standard InChI is InChI=1S/C24H23N5O3/c1-27(2)28-20-12-17(15-6-4-3-5-7-15)13-21(30)23(20)22(19(14-25)24(28)26)16-8-10-18(11-9-16)29(31)32/h3-11,17,22H,12-13,26H2,1-2H3/t17-,22-/m1/s1. The van der Waals surface area contributed by atoms with E-state index >= 15 is 0 Å². The van der Waals surface area contributed by atoms with Crippen LogP contribution in [0.15, 0.2) is 77.3 Å². The van der Waals surface area contributed by atoms with Crippen LogP contribution in [-0.4, -0.2) is 34.8 Å². The lowest BCUT2D eigenvalue weighted by Gasteiger charge is -2.43. The number of ketones is 1. The number of hydrogen-bond acceptors (Lipinski definition) is 7. The summed E-state index contributed by atoms with van der Waals surface area (Å²) in [4.78, 5) is 24.1. The molecule has 0 amide bonds. The molecule has 4 rings (SSSR count). The van der Waals surface area contributed by atoms with Crippen molar-refractivity contribution >= 4 is 11.5 Å². The van der Waals surface area contributed by atoms with Gasteiger partial charge in [0.1, 0.15) is 5.82 Å². The van der Waals surface area contributed by atoms with E-state index < -0.39 is 10.8 Å². The Morgan fingerprint density at radius 2 is 1.75 bits per heavy atom. The van der Waals surface area contributed by atoms with E-state index in [9.17, 15) is 20.2 Å². The van der Waals surface area contributed by atoms with Crippen molar-refractivity contribution < 1.29 is 9.72 Å². The number of non-ortho nitro benzene ring substituents is 1. The molecule has 2 aromatic carbocycles. The van der Waals surface area contributed by atoms with Crippen molar-refractivity contribution in [1.29, 1.82) is 5.26 Å². The number of Topliss-reactive ketones (excluding diaryl/α,β-unsaturated/α-hetero) is 1. The van der Waals surface area contributed by atoms with Crippen LogP contribution in [0.5, 0.6) is 0 Å². The summed E-state index contributed by atoms with van der Waals surface area (Å²) in [7, 11) is 3.63. The summed E-state index contributed by atoms with van der Waals surface area (Å²) < 4.78 is 0. The van der Waals surface area contributed by atoms with Crippen molar-refractivity contribution in [2.45, 2.75) is 24.7 Å². The predicted octanol–water partition coefficient (Wildman–Crippen LogP) is 3.57. The van der Waals surface area contributed by atoms with Gasteiger partial charge >= 0.3 is 0 Å². The van der Waals surface area contributed by atoms with E-state index in [4.69, 9.17) is 5.73 Å². The largest absolute Gasteiger partial charge is 0.383 e. The van der Waals surface area contributed by atoms with E-state index in [0.29, 0.717) is 24.0 Å². The van der Waals surface area contributed by atoms with Gasteiger partial charge in [0.15, 0.2) is 5.78 Å². The Labute approximate surface area is 186 Å². The zero-order valence-electron chi connectivity index (χ0n) is 17.9. The highest BCUT2D eigenvalue weighted by Gasteiger charge is 2.43. The maximum absolute atomic E-state index is 13.5. The van der Waals surface area contributed by atoms with Gasteiger partial charge in [-0.2, -0.15) is 5.26 Å². The molecule has 0 aromatic heterocycles. The lowest BCUT2D eigenvalue weighted by atomic mass is 9.72. The first-order chi connectivity index (χ1) is 15.3. The quantitative estimate of drug-likeness (QED) is 0.583. The van der Waals surface area contributed by atoms with Crippen molar-refractivity contribution in [2.24, 2.45) is 5.73 Å². The number of nitro benzene ring substituents is 1. The van der Waals surface area contributed by atoms with Crippen LogP contribution in [0, 0.1) is 21.4 Å². The normalized spacial score (nSPS) is 20.9. The number of benzene rings is 2. The number of rotatable bonds is 4. The summed E-state index contributed by atoms with van der Waals surface area (Å²) in [5.74, 6) is -0.438. The van der Waals surface area contributed by atoms with Crippen LogP contribution >= 0.6 is 0 Å². The first-order valence-electron chi connectivity index (χ1n) is 10.3. The number of nitro groups is 1. The average molecular weight is 429 g/mol. The molecule has 0 radical (unpaired) electrons. The first kappa shape index (κ1) is 21.3. The molecule has 162 valence electrons. The highest BCUT2D eigenvalue weighted by Crippen LogP contribution is 2.48. The second-order valence-corrected chi connectivity index (χ2v) is 8.15. The molecule has 0 unspecified atom stereocenters. The van der Waals surface area contributed by atoms with E-state index in [1.54, 1.807) is 22.2 Å². The number of nitrogens with zero attached hydrogens (tertiary/aromatic N) is 4. The van der Waals surface area contributed by atoms with Gasteiger partial charge in [-0.05, 0) is 23.5 Å². The molecule has 2 N–H and O–H groups in total. The molecule has 0 saturated carbocycles. The third-order valence-corrected chi connectivity index (χ3v) is 6.05. The number of carbonyl (C=O) groups is 1. The molecule has 8 heteroatoms. The smallest absolute Gasteiger partial charge is 0.269 e. The molecule has 1 aliphatic carbocycles. The van der Waals surface area contributed by atoms with Crippen LogP contribution in [-0.2, 0) is 4.79 Å². The number of hydrazine groups is 1. The van der Waals surface area contributed by atoms with Crippen LogP contribution in [0.25, 0.3) is 0 Å². The number of allylic oxidation sites excluding steroid dienone is 3. The van der Waals surface area contributed by atoms with Gasteiger partial charge in [0, 0.05) is 43.9 Å². The highest BCUT2D eigenvalue weighted by atomic mass is 16.6. The molecule has 1 heterocycles. The van der Waals surface area contributed by atoms with Gasteiger partial charge < -0.3 is 5.73 Å². The number of hydrogen-bond donors (Lipinski definition) is 1. The summed E-state index contributed by atoms with van der Waals surface area (Å²) in [5.41, 5.74) is 9.68. The molecule has 0 saturated heterocycles. The molecular weight excluding hydrogens is 406 g/mol. The van der Waals surface area contributed by atoms with E-state index in [0.717, 1.165) is 11.3 Å². The molecule has 32 heavy (non-hydrogen) atoms. The average Bonchev–Trinajstić information content (AvgIpc) is 2.78. The Hall–Kier alpha value is -3.96. The zero-order valence-corrected chi connectivity index (χ0v) is 17.9. The Morgan fingerprint density at radius 3 is 2.31 bits per heavy atom. The summed E-state index contributed by atoms with van der Waals surface area (Å²) in [6.07, 6.45) is 0.915. The fourth-order valence-corrected chi connectivity index (χ4v) is 4.65. The number of nitriles is 1. The molecule has 1 aliphatic heterocycles. The second kappa shape index (κ2) is 8.29. The molecule has 0 bridgehead atoms. The summed E-state index contributed by atoms with van der Waals surface area (Å²) >= 11 is 0. The van der Waals surface area contributed by atoms with Gasteiger partial charge in [-0.25, -0.2) is 5.01 Å². The van der Waals surface area contributed by atoms with Gasteiger partial charge in [0.05, 0.1) is 22.5 Å². The third-order valence-electron chi connectivity index (χ3n) is 6.05. The minimum absolute atomic E-state index is 0.00107. The van der Waals surface area contributed by atoms with Gasteiger partial charge in [-0.15, -0.1) is 0 Å². The summed E-state index contributed by atoms with van der Waals surface area (Å²) in [6, 6.07) is 18.0. The van der Waals surface area contributed by atoms with E-state index in [1.807, 2.05) is 44.4 Å². The molecule has 2 aliphatic rings. The highest BCUT2D eigenvalue weighted by molar-refractivity contribution is 6.00. The van der Waals surface area contributed by atoms with Crippen LogP contribution in [0.4, 0.5) is 5.69 Å². The van der Waals surface area contributed by atoms with E-state index in [2.05, 4.69) is 6.07 Å². The molecule has 2 atom stereocenters. The lowest BCUT2D eigenvalue weighted by molar-refractivity contribution is -0.384. The van der Waals surface area contributed by atoms with Crippen LogP contribution < -0.4 is 5.73 Å². The van der Waals surface area contributed by atoms with Gasteiger partial charge in [-0.3, -0.25) is 19.9 Å². The molecule has 8 nitrogen and oxygen atoms in total. The van der Waals surface area contributed by atoms with Crippen molar-refractivity contribution in [1.82, 2.24) is 10.0 Å². The van der Waals surface area contributed by atoms with Gasteiger partial charge in [0.25, 0.3) is 5.69 Å². The number of nitrogens with two attached hydrogens (primary N) is 1. The van der Waals surface area contributed by atoms with Gasteiger partial charge in [-0.1, -0.05) is 42.5 Å². The van der Waals surface area contributed by atoms with Crippen molar-refractivity contribution in [3.05, 3.63) is 98.5 Å². The molecule has 0 fully saturated rings. The topological polar surface area (TPSA) is 116 Å². The van der Waals surface area contributed by atoms with Crippen LogP contribution in [0.2, 0.25) is 0 Å². The summed E-state index contributed by atoms with van der Waals surface area (Å²) in [6.45, 7) is 0. The summed E-state index contributed by atoms with van der Waals surface area (Å²) in [5, 5.41) is 24.6. The molecular formula is C24H23N5O3. The van der Waals surface area contributed by atoms with Crippen molar-refractivity contribution in [2.75, 3.05) is 14.1 Å². The maximum Gasteiger partial charge on any atom is 0.269 e. The fraction of sp³-hybridized carbons (Fsp3) is 0.250. The van der Waals surface area contributed by atoms with Gasteiger partial charge in [0.2, 0.25) is 0 Å². The first-order valence-corrected chi connectivity index (χ1v) is 10.3. The lowest BCUT2D eigenvalue weighted by Crippen LogP contribution is -2.46. The SMILES string of the molecule is CN(C)N1C(N)=C(C#N)[C@@H](c2ccc([N+](=O)[O-])cc2)C2=C1C[C@@H](c1ccccc1)CC2=O. The number of carbonyl (C=O) groups excluding carboxylic acids is 1. The second-order valence-electron chi connectivity index (χ2n) is 8.15. The predicted molar refractivity (Wildman–Crippen MR) is 119 cm³/mol. The Bertz CT molecular complexity index is 1180. The fourth-order valence-electron chi connectivity index (χ4n) is 4.65. The van der Waals surface area contributed by atoms with Crippen molar-refractivity contribution in [3.8, 4) is 6.07 Å². The minimum atomic E-state index is -0.656. The third kappa shape index (κ3) is 3.53. The zero-order chi connectivity index (χ0) is 23.0. The molecule has 0 spiro atoms. The van der Waals surface area contributed by atoms with Crippen LogP contribution in [0.1, 0.15) is 35.8 Å². The Balaban J connectivity index is 1.87. The molecule has 2 aromatic rings. The Morgan fingerprint density at radius 1 is 1.09 bits per heavy atom.